The molecule has 0 amide bonds. The van der Waals surface area contributed by atoms with Gasteiger partial charge in [0.15, 0.2) is 24.9 Å². The van der Waals surface area contributed by atoms with Crippen LogP contribution in [-0.4, -0.2) is 30.0 Å². The van der Waals surface area contributed by atoms with Crippen LogP contribution in [0.5, 0.6) is 5.75 Å². The number of Topliss-reactive ketones (excluding diaryl/α,β-unsaturated/α-hetero) is 1. The molecule has 0 aliphatic heterocycles. The van der Waals surface area contributed by atoms with Gasteiger partial charge in [0.1, 0.15) is 10.8 Å². The summed E-state index contributed by atoms with van der Waals surface area (Å²) in [6.45, 7) is 7.20. The summed E-state index contributed by atoms with van der Waals surface area (Å²) in [7, 11) is 0. The van der Waals surface area contributed by atoms with E-state index in [1.165, 1.54) is 16.9 Å². The summed E-state index contributed by atoms with van der Waals surface area (Å²) >= 11 is 1.24. The Kier molecular flexibility index (Phi) is 7.08. The highest BCUT2D eigenvalue weighted by Gasteiger charge is 2.24. The lowest BCUT2D eigenvalue weighted by molar-refractivity contribution is -0.150. The fourth-order valence-electron chi connectivity index (χ4n) is 2.57. The van der Waals surface area contributed by atoms with Gasteiger partial charge in [0.25, 0.3) is 0 Å². The maximum atomic E-state index is 12.1. The number of hydrogen-bond acceptors (Lipinski definition) is 7. The monoisotopic (exact) mass is 386 g/mol. The van der Waals surface area contributed by atoms with E-state index >= 15 is 0 Å². The van der Waals surface area contributed by atoms with Crippen molar-refractivity contribution in [2.45, 2.75) is 39.5 Å². The quantitative estimate of drug-likeness (QED) is 0.643. The molecule has 0 saturated heterocycles. The molecular formula is C20H22N2O4S. The SMILES string of the molecule is Cc1csc([C@H](C#N)C(=O)COC(=O)COc2ccc(C(C)C)c(C)c2)n1. The first-order chi connectivity index (χ1) is 12.8. The highest BCUT2D eigenvalue weighted by Crippen LogP contribution is 2.23. The number of aryl methyl sites for hydroxylation is 2. The Labute approximate surface area is 162 Å². The van der Waals surface area contributed by atoms with Gasteiger partial charge < -0.3 is 9.47 Å². The molecule has 0 aliphatic rings. The van der Waals surface area contributed by atoms with Crippen molar-refractivity contribution in [1.82, 2.24) is 4.98 Å². The number of aromatic nitrogens is 1. The van der Waals surface area contributed by atoms with E-state index in [-0.39, 0.29) is 6.61 Å². The second-order valence-electron chi connectivity index (χ2n) is 6.48. The number of thiazole rings is 1. The Morgan fingerprint density at radius 2 is 2.00 bits per heavy atom. The summed E-state index contributed by atoms with van der Waals surface area (Å²) in [6, 6.07) is 7.55. The van der Waals surface area contributed by atoms with Gasteiger partial charge in [-0.15, -0.1) is 11.3 Å². The lowest BCUT2D eigenvalue weighted by Crippen LogP contribution is -2.22. The average Bonchev–Trinajstić information content (AvgIpc) is 3.04. The van der Waals surface area contributed by atoms with Gasteiger partial charge in [-0.25, -0.2) is 9.78 Å². The summed E-state index contributed by atoms with van der Waals surface area (Å²) in [5.74, 6) is -1.22. The van der Waals surface area contributed by atoms with E-state index < -0.39 is 24.3 Å². The standard InChI is InChI=1S/C20H22N2O4S/c1-12(2)16-6-5-15(7-13(16)3)25-10-19(24)26-9-18(23)17(8-21)20-22-14(4)11-27-20/h5-7,11-12,17H,9-10H2,1-4H3/t17-/m1/s1. The van der Waals surface area contributed by atoms with Gasteiger partial charge >= 0.3 is 5.97 Å². The molecule has 7 heteroatoms. The van der Waals surface area contributed by atoms with E-state index in [0.29, 0.717) is 16.7 Å². The first kappa shape index (κ1) is 20.6. The molecule has 1 aromatic carbocycles. The molecule has 2 rings (SSSR count). The van der Waals surface area contributed by atoms with Crippen molar-refractivity contribution in [3.8, 4) is 11.8 Å². The number of carbonyl (C=O) groups excluding carboxylic acids is 2. The zero-order valence-corrected chi connectivity index (χ0v) is 16.6. The van der Waals surface area contributed by atoms with Crippen molar-refractivity contribution in [2.75, 3.05) is 13.2 Å². The molecule has 2 aromatic rings. The molecule has 27 heavy (non-hydrogen) atoms. The van der Waals surface area contributed by atoms with E-state index in [4.69, 9.17) is 9.47 Å². The normalized spacial score (nSPS) is 11.7. The minimum absolute atomic E-state index is 0.304. The Bertz CT molecular complexity index is 867. The van der Waals surface area contributed by atoms with E-state index in [9.17, 15) is 14.9 Å². The molecule has 0 fully saturated rings. The molecule has 142 valence electrons. The molecule has 0 radical (unpaired) electrons. The number of benzene rings is 1. The number of rotatable bonds is 8. The lowest BCUT2D eigenvalue weighted by Gasteiger charge is -2.12. The number of carbonyl (C=O) groups is 2. The highest BCUT2D eigenvalue weighted by molar-refractivity contribution is 7.09. The number of ketones is 1. The Morgan fingerprint density at radius 1 is 1.26 bits per heavy atom. The number of nitrogens with zero attached hydrogens (tertiary/aromatic N) is 2. The highest BCUT2D eigenvalue weighted by atomic mass is 32.1. The molecule has 0 aliphatic carbocycles. The number of esters is 1. The largest absolute Gasteiger partial charge is 0.482 e. The molecule has 0 N–H and O–H groups in total. The summed E-state index contributed by atoms with van der Waals surface area (Å²) in [6.07, 6.45) is 0. The fourth-order valence-corrected chi connectivity index (χ4v) is 3.44. The van der Waals surface area contributed by atoms with Gasteiger partial charge in [-0.3, -0.25) is 4.79 Å². The first-order valence-corrected chi connectivity index (χ1v) is 9.43. The van der Waals surface area contributed by atoms with Crippen LogP contribution in [-0.2, 0) is 14.3 Å². The summed E-state index contributed by atoms with van der Waals surface area (Å²) in [5.41, 5.74) is 3.05. The molecule has 1 heterocycles. The Balaban J connectivity index is 1.84. The number of nitriles is 1. The van der Waals surface area contributed by atoms with Crippen LogP contribution in [0.2, 0.25) is 0 Å². The predicted molar refractivity (Wildman–Crippen MR) is 102 cm³/mol. The minimum Gasteiger partial charge on any atom is -0.482 e. The molecule has 6 nitrogen and oxygen atoms in total. The summed E-state index contributed by atoms with van der Waals surface area (Å²) in [4.78, 5) is 28.1. The smallest absolute Gasteiger partial charge is 0.344 e. The van der Waals surface area contributed by atoms with Crippen LogP contribution in [0.25, 0.3) is 0 Å². The molecule has 0 unspecified atom stereocenters. The minimum atomic E-state index is -1.02. The van der Waals surface area contributed by atoms with Crippen LogP contribution >= 0.6 is 11.3 Å². The van der Waals surface area contributed by atoms with Crippen LogP contribution in [0.1, 0.15) is 47.5 Å². The third kappa shape index (κ3) is 5.63. The van der Waals surface area contributed by atoms with Gasteiger partial charge in [-0.1, -0.05) is 19.9 Å². The van der Waals surface area contributed by atoms with Crippen molar-refractivity contribution >= 4 is 23.1 Å². The first-order valence-electron chi connectivity index (χ1n) is 8.55. The van der Waals surface area contributed by atoms with Crippen LogP contribution in [0.4, 0.5) is 0 Å². The second-order valence-corrected chi connectivity index (χ2v) is 7.37. The van der Waals surface area contributed by atoms with E-state index in [1.807, 2.05) is 25.1 Å². The Morgan fingerprint density at radius 3 is 2.56 bits per heavy atom. The lowest BCUT2D eigenvalue weighted by atomic mass is 9.98. The fraction of sp³-hybridized carbons (Fsp3) is 0.400. The maximum absolute atomic E-state index is 12.1. The van der Waals surface area contributed by atoms with Gasteiger partial charge in [0.2, 0.25) is 0 Å². The second kappa shape index (κ2) is 9.28. The van der Waals surface area contributed by atoms with Crippen molar-refractivity contribution in [2.24, 2.45) is 0 Å². The molecule has 0 saturated carbocycles. The van der Waals surface area contributed by atoms with Crippen molar-refractivity contribution < 1.29 is 19.1 Å². The molecule has 1 atom stereocenters. The topological polar surface area (TPSA) is 89.3 Å². The van der Waals surface area contributed by atoms with Crippen LogP contribution in [0.3, 0.4) is 0 Å². The molecule has 0 spiro atoms. The van der Waals surface area contributed by atoms with Crippen molar-refractivity contribution in [3.63, 3.8) is 0 Å². The van der Waals surface area contributed by atoms with Crippen LogP contribution in [0.15, 0.2) is 23.6 Å². The average molecular weight is 386 g/mol. The third-order valence-corrected chi connectivity index (χ3v) is 4.96. The van der Waals surface area contributed by atoms with Crippen LogP contribution < -0.4 is 4.74 Å². The van der Waals surface area contributed by atoms with E-state index in [0.717, 1.165) is 11.3 Å². The Hall–Kier alpha value is -2.72. The molecular weight excluding hydrogens is 364 g/mol. The van der Waals surface area contributed by atoms with Gasteiger partial charge in [0.05, 0.1) is 6.07 Å². The molecule has 0 bridgehead atoms. The van der Waals surface area contributed by atoms with Gasteiger partial charge in [0, 0.05) is 11.1 Å². The van der Waals surface area contributed by atoms with Gasteiger partial charge in [-0.2, -0.15) is 5.26 Å². The number of ether oxygens (including phenoxy) is 2. The molecule has 1 aromatic heterocycles. The van der Waals surface area contributed by atoms with Gasteiger partial charge in [-0.05, 0) is 43.0 Å². The van der Waals surface area contributed by atoms with Crippen molar-refractivity contribution in [1.29, 1.82) is 5.26 Å². The van der Waals surface area contributed by atoms with E-state index in [2.05, 4.69) is 18.8 Å². The maximum Gasteiger partial charge on any atom is 0.344 e. The van der Waals surface area contributed by atoms with E-state index in [1.54, 1.807) is 18.4 Å². The van der Waals surface area contributed by atoms with Crippen molar-refractivity contribution in [3.05, 3.63) is 45.4 Å². The van der Waals surface area contributed by atoms with Crippen LogP contribution in [0, 0.1) is 25.2 Å². The summed E-state index contributed by atoms with van der Waals surface area (Å²) < 4.78 is 10.4. The predicted octanol–water partition coefficient (Wildman–Crippen LogP) is 3.68. The summed E-state index contributed by atoms with van der Waals surface area (Å²) in [5, 5.41) is 11.4. The zero-order valence-electron chi connectivity index (χ0n) is 15.8. The number of hydrogen-bond donors (Lipinski definition) is 0. The zero-order chi connectivity index (χ0) is 20.0. The third-order valence-electron chi connectivity index (χ3n) is 3.93.